The summed E-state index contributed by atoms with van der Waals surface area (Å²) in [5, 5.41) is 2.70. The fourth-order valence-electron chi connectivity index (χ4n) is 1.98. The summed E-state index contributed by atoms with van der Waals surface area (Å²) in [4.78, 5) is 23.7. The molecule has 0 atom stereocenters. The Morgan fingerprint density at radius 1 is 1.04 bits per heavy atom. The second kappa shape index (κ2) is 8.48. The van der Waals surface area contributed by atoms with E-state index in [1.54, 1.807) is 0 Å². The molecule has 0 aliphatic heterocycles. The summed E-state index contributed by atoms with van der Waals surface area (Å²) in [7, 11) is 2.82. The van der Waals surface area contributed by atoms with E-state index in [1.165, 1.54) is 26.4 Å². The van der Waals surface area contributed by atoms with Gasteiger partial charge in [-0.3, -0.25) is 4.79 Å². The Morgan fingerprint density at radius 2 is 1.73 bits per heavy atom. The van der Waals surface area contributed by atoms with E-state index in [0.29, 0.717) is 11.8 Å². The van der Waals surface area contributed by atoms with Crippen molar-refractivity contribution in [3.05, 3.63) is 52.6 Å². The van der Waals surface area contributed by atoms with Gasteiger partial charge in [0.05, 0.1) is 30.5 Å². The minimum atomic E-state index is -1.19. The fraction of sp³-hybridized carbons (Fsp3) is 0.176. The Balaban J connectivity index is 2.01. The van der Waals surface area contributed by atoms with E-state index in [9.17, 15) is 18.4 Å². The average Bonchev–Trinajstić information content (AvgIpc) is 2.62. The minimum Gasteiger partial charge on any atom is -0.495 e. The van der Waals surface area contributed by atoms with E-state index in [-0.39, 0.29) is 22.0 Å². The van der Waals surface area contributed by atoms with Gasteiger partial charge in [0.2, 0.25) is 0 Å². The third-order valence-corrected chi connectivity index (χ3v) is 3.53. The molecule has 9 heteroatoms. The number of carbonyl (C=O) groups is 2. The van der Waals surface area contributed by atoms with E-state index in [1.807, 2.05) is 0 Å². The number of benzene rings is 2. The van der Waals surface area contributed by atoms with Crippen LogP contribution in [0.15, 0.2) is 30.3 Å². The number of amides is 1. The highest BCUT2D eigenvalue weighted by Crippen LogP contribution is 2.35. The van der Waals surface area contributed by atoms with Crippen molar-refractivity contribution in [1.82, 2.24) is 0 Å². The largest absolute Gasteiger partial charge is 0.495 e. The predicted octanol–water partition coefficient (Wildman–Crippen LogP) is 3.43. The first-order valence-electron chi connectivity index (χ1n) is 7.19. The fourth-order valence-corrected chi connectivity index (χ4v) is 2.22. The zero-order valence-electron chi connectivity index (χ0n) is 13.8. The summed E-state index contributed by atoms with van der Waals surface area (Å²) in [6.07, 6.45) is 0. The minimum absolute atomic E-state index is 0.221. The summed E-state index contributed by atoms with van der Waals surface area (Å²) in [6, 6.07) is 5.41. The summed E-state index contributed by atoms with van der Waals surface area (Å²) in [5.41, 5.74) is 0.0222. The van der Waals surface area contributed by atoms with Crippen molar-refractivity contribution >= 4 is 29.2 Å². The molecule has 1 amide bonds. The zero-order chi connectivity index (χ0) is 19.3. The molecule has 0 aliphatic rings. The number of hydrogen-bond acceptors (Lipinski definition) is 5. The molecule has 0 saturated carbocycles. The Bertz CT molecular complexity index is 844. The normalized spacial score (nSPS) is 10.2. The Hall–Kier alpha value is -2.87. The maximum atomic E-state index is 13.1. The molecule has 2 rings (SSSR count). The van der Waals surface area contributed by atoms with Gasteiger partial charge in [-0.2, -0.15) is 0 Å². The molecule has 0 aliphatic carbocycles. The summed E-state index contributed by atoms with van der Waals surface area (Å²) in [5.74, 6) is -3.30. The maximum Gasteiger partial charge on any atom is 0.338 e. The lowest BCUT2D eigenvalue weighted by atomic mass is 10.2. The van der Waals surface area contributed by atoms with Crippen LogP contribution in [0, 0.1) is 11.6 Å². The quantitative estimate of drug-likeness (QED) is 0.771. The number of nitrogens with one attached hydrogen (secondary N) is 1. The lowest BCUT2D eigenvalue weighted by Crippen LogP contribution is -2.21. The van der Waals surface area contributed by atoms with Crippen molar-refractivity contribution in [3.8, 4) is 11.5 Å². The van der Waals surface area contributed by atoms with Crippen molar-refractivity contribution in [1.29, 1.82) is 0 Å². The standard InChI is InChI=1S/C17H14ClF2NO5/c1-24-14-7-15(25-2)13(6-10(14)18)21-16(22)8-26-17(23)9-3-4-11(19)12(20)5-9/h3-7H,8H2,1-2H3,(H,21,22). The van der Waals surface area contributed by atoms with E-state index in [0.717, 1.165) is 12.1 Å². The van der Waals surface area contributed by atoms with Gasteiger partial charge in [0.15, 0.2) is 18.2 Å². The van der Waals surface area contributed by atoms with E-state index in [2.05, 4.69) is 5.32 Å². The van der Waals surface area contributed by atoms with Gasteiger partial charge in [-0.1, -0.05) is 11.6 Å². The first kappa shape index (κ1) is 19.5. The van der Waals surface area contributed by atoms with Crippen LogP contribution in [0.25, 0.3) is 0 Å². The number of halogens is 3. The Morgan fingerprint density at radius 3 is 2.35 bits per heavy atom. The highest BCUT2D eigenvalue weighted by molar-refractivity contribution is 6.32. The van der Waals surface area contributed by atoms with E-state index in [4.69, 9.17) is 25.8 Å². The molecule has 0 radical (unpaired) electrons. The van der Waals surface area contributed by atoms with Gasteiger partial charge in [-0.15, -0.1) is 0 Å². The molecule has 26 heavy (non-hydrogen) atoms. The van der Waals surface area contributed by atoms with Crippen LogP contribution in [-0.4, -0.2) is 32.7 Å². The SMILES string of the molecule is COc1cc(OC)c(NC(=O)COC(=O)c2ccc(F)c(F)c2)cc1Cl. The molecule has 0 unspecified atom stereocenters. The number of ether oxygens (including phenoxy) is 3. The van der Waals surface area contributed by atoms with Crippen molar-refractivity contribution in [3.63, 3.8) is 0 Å². The molecule has 1 N–H and O–H groups in total. The van der Waals surface area contributed by atoms with Crippen LogP contribution in [0.1, 0.15) is 10.4 Å². The highest BCUT2D eigenvalue weighted by Gasteiger charge is 2.15. The Labute approximate surface area is 152 Å². The molecular formula is C17H14ClF2NO5. The van der Waals surface area contributed by atoms with Gasteiger partial charge < -0.3 is 19.5 Å². The monoisotopic (exact) mass is 385 g/mol. The van der Waals surface area contributed by atoms with Crippen LogP contribution < -0.4 is 14.8 Å². The zero-order valence-corrected chi connectivity index (χ0v) is 14.5. The van der Waals surface area contributed by atoms with Crippen LogP contribution in [0.4, 0.5) is 14.5 Å². The molecule has 0 aromatic heterocycles. The molecule has 0 fully saturated rings. The van der Waals surface area contributed by atoms with E-state index < -0.39 is 30.1 Å². The van der Waals surface area contributed by atoms with Crippen molar-refractivity contribution in [2.24, 2.45) is 0 Å². The first-order chi connectivity index (χ1) is 12.3. The van der Waals surface area contributed by atoms with Crippen LogP contribution in [0.2, 0.25) is 5.02 Å². The van der Waals surface area contributed by atoms with Crippen molar-refractivity contribution in [2.45, 2.75) is 0 Å². The maximum absolute atomic E-state index is 13.1. The van der Waals surface area contributed by atoms with Gasteiger partial charge in [0, 0.05) is 6.07 Å². The summed E-state index contributed by atoms with van der Waals surface area (Å²) in [6.45, 7) is -0.648. The second-order valence-electron chi connectivity index (χ2n) is 4.94. The lowest BCUT2D eigenvalue weighted by molar-refractivity contribution is -0.119. The van der Waals surface area contributed by atoms with Gasteiger partial charge in [0.25, 0.3) is 5.91 Å². The number of hydrogen-bond donors (Lipinski definition) is 1. The highest BCUT2D eigenvalue weighted by atomic mass is 35.5. The van der Waals surface area contributed by atoms with Gasteiger partial charge in [-0.05, 0) is 24.3 Å². The second-order valence-corrected chi connectivity index (χ2v) is 5.35. The molecular weight excluding hydrogens is 372 g/mol. The van der Waals surface area contributed by atoms with Gasteiger partial charge in [-0.25, -0.2) is 13.6 Å². The van der Waals surface area contributed by atoms with Crippen LogP contribution in [-0.2, 0) is 9.53 Å². The molecule has 6 nitrogen and oxygen atoms in total. The topological polar surface area (TPSA) is 73.9 Å². The van der Waals surface area contributed by atoms with Gasteiger partial charge >= 0.3 is 5.97 Å². The number of anilines is 1. The van der Waals surface area contributed by atoms with Gasteiger partial charge in [0.1, 0.15) is 11.5 Å². The summed E-state index contributed by atoms with van der Waals surface area (Å²) >= 11 is 5.99. The predicted molar refractivity (Wildman–Crippen MR) is 89.8 cm³/mol. The summed E-state index contributed by atoms with van der Waals surface area (Å²) < 4.78 is 40.9. The third kappa shape index (κ3) is 4.60. The molecule has 0 bridgehead atoms. The molecule has 0 heterocycles. The van der Waals surface area contributed by atoms with E-state index >= 15 is 0 Å². The first-order valence-corrected chi connectivity index (χ1v) is 7.57. The average molecular weight is 386 g/mol. The lowest BCUT2D eigenvalue weighted by Gasteiger charge is -2.13. The number of rotatable bonds is 6. The van der Waals surface area contributed by atoms with Crippen molar-refractivity contribution < 1.29 is 32.6 Å². The van der Waals surface area contributed by atoms with Crippen molar-refractivity contribution in [2.75, 3.05) is 26.1 Å². The van der Waals surface area contributed by atoms with Crippen LogP contribution in [0.3, 0.4) is 0 Å². The number of methoxy groups -OCH3 is 2. The van der Waals surface area contributed by atoms with Crippen LogP contribution >= 0.6 is 11.6 Å². The molecule has 138 valence electrons. The molecule has 2 aromatic rings. The smallest absolute Gasteiger partial charge is 0.338 e. The van der Waals surface area contributed by atoms with Crippen LogP contribution in [0.5, 0.6) is 11.5 Å². The molecule has 0 saturated heterocycles. The molecule has 0 spiro atoms. The number of esters is 1. The molecule has 2 aromatic carbocycles. The third-order valence-electron chi connectivity index (χ3n) is 3.24. The Kier molecular flexibility index (Phi) is 6.35. The number of carbonyl (C=O) groups excluding carboxylic acids is 2.